The fourth-order valence-electron chi connectivity index (χ4n) is 2.67. The Morgan fingerprint density at radius 1 is 1.14 bits per heavy atom. The molecule has 1 heterocycles. The number of aromatic nitrogens is 2. The van der Waals surface area contributed by atoms with Gasteiger partial charge in [-0.05, 0) is 36.3 Å². The summed E-state index contributed by atoms with van der Waals surface area (Å²) in [5.41, 5.74) is 1.02. The highest BCUT2D eigenvalue weighted by molar-refractivity contribution is 6.50. The zero-order valence-corrected chi connectivity index (χ0v) is 16.7. The summed E-state index contributed by atoms with van der Waals surface area (Å²) in [4.78, 5) is 19.6. The number of hydrogen-bond donors (Lipinski definition) is 1. The van der Waals surface area contributed by atoms with E-state index >= 15 is 0 Å². The molecule has 3 rings (SSSR count). The zero-order chi connectivity index (χ0) is 20.1. The molecule has 0 amide bonds. The lowest BCUT2D eigenvalue weighted by atomic mass is 10.2. The van der Waals surface area contributed by atoms with Crippen LogP contribution in [0.3, 0.4) is 0 Å². The fraction of sp³-hybridized carbons (Fsp3) is 0.238. The van der Waals surface area contributed by atoms with Gasteiger partial charge < -0.3 is 19.2 Å². The van der Waals surface area contributed by atoms with Crippen molar-refractivity contribution in [2.24, 2.45) is 0 Å². The van der Waals surface area contributed by atoms with Gasteiger partial charge in [-0.15, -0.1) is 0 Å². The Labute approximate surface area is 167 Å². The molecule has 0 unspecified atom stereocenters. The number of ether oxygens (including phenoxy) is 3. The van der Waals surface area contributed by atoms with Crippen LogP contribution < -0.4 is 19.8 Å². The molecule has 0 aliphatic heterocycles. The van der Waals surface area contributed by atoms with Crippen LogP contribution in [-0.2, 0) is 0 Å². The van der Waals surface area contributed by atoms with Crippen molar-refractivity contribution in [2.75, 3.05) is 20.8 Å². The van der Waals surface area contributed by atoms with Crippen molar-refractivity contribution in [1.82, 2.24) is 9.97 Å². The molecule has 0 aliphatic carbocycles. The van der Waals surface area contributed by atoms with E-state index in [1.165, 1.54) is 14.2 Å². The number of benzene rings is 2. The fourth-order valence-corrected chi connectivity index (χ4v) is 2.89. The van der Waals surface area contributed by atoms with Crippen molar-refractivity contribution in [2.45, 2.75) is 13.3 Å². The van der Waals surface area contributed by atoms with E-state index in [4.69, 9.17) is 25.8 Å². The first kappa shape index (κ1) is 19.8. The SMILES string of the molecule is CCCOc1ccc(/C=C(\Cl)c2nc3cc(OC)c(OC)cc3c(=O)[nH]2)cc1. The Kier molecular flexibility index (Phi) is 6.21. The monoisotopic (exact) mass is 400 g/mol. The maximum Gasteiger partial charge on any atom is 0.259 e. The van der Waals surface area contributed by atoms with E-state index in [9.17, 15) is 4.79 Å². The van der Waals surface area contributed by atoms with Crippen LogP contribution in [0.2, 0.25) is 0 Å². The van der Waals surface area contributed by atoms with Crippen LogP contribution in [0.1, 0.15) is 24.7 Å². The molecule has 0 aliphatic rings. The minimum absolute atomic E-state index is 0.276. The number of halogens is 1. The van der Waals surface area contributed by atoms with Crippen LogP contribution >= 0.6 is 11.6 Å². The van der Waals surface area contributed by atoms with Gasteiger partial charge in [0.15, 0.2) is 17.3 Å². The van der Waals surface area contributed by atoms with Gasteiger partial charge in [0.05, 0.1) is 36.8 Å². The topological polar surface area (TPSA) is 73.4 Å². The number of methoxy groups -OCH3 is 2. The lowest BCUT2D eigenvalue weighted by molar-refractivity contribution is 0.317. The van der Waals surface area contributed by atoms with Crippen LogP contribution in [0, 0.1) is 0 Å². The lowest BCUT2D eigenvalue weighted by Crippen LogP contribution is -2.11. The summed E-state index contributed by atoms with van der Waals surface area (Å²) >= 11 is 6.41. The predicted molar refractivity (Wildman–Crippen MR) is 111 cm³/mol. The van der Waals surface area contributed by atoms with E-state index in [2.05, 4.69) is 16.9 Å². The second-order valence-electron chi connectivity index (χ2n) is 6.05. The number of nitrogens with zero attached hydrogens (tertiary/aromatic N) is 1. The van der Waals surface area contributed by atoms with Crippen molar-refractivity contribution in [3.63, 3.8) is 0 Å². The van der Waals surface area contributed by atoms with Gasteiger partial charge in [-0.2, -0.15) is 0 Å². The average molecular weight is 401 g/mol. The normalized spacial score (nSPS) is 11.5. The van der Waals surface area contributed by atoms with Crippen molar-refractivity contribution < 1.29 is 14.2 Å². The van der Waals surface area contributed by atoms with Gasteiger partial charge in [-0.3, -0.25) is 4.79 Å². The third kappa shape index (κ3) is 4.28. The molecular formula is C21H21ClN2O4. The molecule has 1 aromatic heterocycles. The maximum absolute atomic E-state index is 12.5. The summed E-state index contributed by atoms with van der Waals surface area (Å²) in [5, 5.41) is 0.708. The highest BCUT2D eigenvalue weighted by Gasteiger charge is 2.12. The smallest absolute Gasteiger partial charge is 0.259 e. The number of rotatable bonds is 7. The second-order valence-corrected chi connectivity index (χ2v) is 6.46. The molecule has 0 spiro atoms. The summed E-state index contributed by atoms with van der Waals surface area (Å²) in [7, 11) is 3.04. The molecular weight excluding hydrogens is 380 g/mol. The Morgan fingerprint density at radius 3 is 2.46 bits per heavy atom. The van der Waals surface area contributed by atoms with Gasteiger partial charge in [-0.25, -0.2) is 4.98 Å². The average Bonchev–Trinajstić information content (AvgIpc) is 2.72. The van der Waals surface area contributed by atoms with E-state index in [1.54, 1.807) is 18.2 Å². The Morgan fingerprint density at radius 2 is 1.82 bits per heavy atom. The van der Waals surface area contributed by atoms with Crippen molar-refractivity contribution in [3.8, 4) is 17.2 Å². The van der Waals surface area contributed by atoms with Crippen LogP contribution in [0.5, 0.6) is 17.2 Å². The van der Waals surface area contributed by atoms with Crippen LogP contribution in [0.25, 0.3) is 22.0 Å². The van der Waals surface area contributed by atoms with Gasteiger partial charge in [0.25, 0.3) is 5.56 Å². The standard InChI is InChI=1S/C21H21ClN2O4/c1-4-9-28-14-7-5-13(6-8-14)10-16(22)20-23-17-12-19(27-3)18(26-2)11-15(17)21(25)24-20/h5-8,10-12H,4,9H2,1-3H3,(H,23,24,25)/b16-10-. The van der Waals surface area contributed by atoms with Gasteiger partial charge in [0.2, 0.25) is 0 Å². The molecule has 6 nitrogen and oxygen atoms in total. The lowest BCUT2D eigenvalue weighted by Gasteiger charge is -2.09. The predicted octanol–water partition coefficient (Wildman–Crippen LogP) is 4.47. The Hall–Kier alpha value is -2.99. The molecule has 28 heavy (non-hydrogen) atoms. The number of H-pyrrole nitrogens is 1. The first-order chi connectivity index (χ1) is 13.5. The third-order valence-corrected chi connectivity index (χ3v) is 4.37. The summed E-state index contributed by atoms with van der Waals surface area (Å²) < 4.78 is 16.1. The molecule has 7 heteroatoms. The number of hydrogen-bond acceptors (Lipinski definition) is 5. The first-order valence-electron chi connectivity index (χ1n) is 8.82. The number of nitrogens with one attached hydrogen (secondary N) is 1. The van der Waals surface area contributed by atoms with Crippen LogP contribution in [0.15, 0.2) is 41.2 Å². The molecule has 1 N–H and O–H groups in total. The molecule has 0 saturated heterocycles. The number of fused-ring (bicyclic) bond motifs is 1. The molecule has 0 bridgehead atoms. The highest BCUT2D eigenvalue weighted by Crippen LogP contribution is 2.30. The number of aromatic amines is 1. The largest absolute Gasteiger partial charge is 0.494 e. The quantitative estimate of drug-likeness (QED) is 0.633. The van der Waals surface area contributed by atoms with E-state index in [0.717, 1.165) is 17.7 Å². The third-order valence-electron chi connectivity index (χ3n) is 4.08. The maximum atomic E-state index is 12.5. The molecule has 3 aromatic rings. The second kappa shape index (κ2) is 8.80. The highest BCUT2D eigenvalue weighted by atomic mass is 35.5. The van der Waals surface area contributed by atoms with Crippen LogP contribution in [0.4, 0.5) is 0 Å². The summed E-state index contributed by atoms with van der Waals surface area (Å²) in [6.07, 6.45) is 2.68. The van der Waals surface area contributed by atoms with E-state index in [1.807, 2.05) is 24.3 Å². The van der Waals surface area contributed by atoms with Crippen molar-refractivity contribution >= 4 is 33.6 Å². The summed E-state index contributed by atoms with van der Waals surface area (Å²) in [6.45, 7) is 2.73. The van der Waals surface area contributed by atoms with Crippen molar-refractivity contribution in [1.29, 1.82) is 0 Å². The van der Waals surface area contributed by atoms with Crippen LogP contribution in [-0.4, -0.2) is 30.8 Å². The molecule has 0 fully saturated rings. The molecule has 2 aromatic carbocycles. The summed E-state index contributed by atoms with van der Waals surface area (Å²) in [5.74, 6) is 2.02. The van der Waals surface area contributed by atoms with E-state index in [0.29, 0.717) is 34.0 Å². The van der Waals surface area contributed by atoms with Gasteiger partial charge in [-0.1, -0.05) is 30.7 Å². The molecule has 146 valence electrons. The molecule has 0 saturated carbocycles. The Bertz CT molecular complexity index is 1060. The minimum atomic E-state index is -0.309. The van der Waals surface area contributed by atoms with E-state index < -0.39 is 0 Å². The Balaban J connectivity index is 1.95. The minimum Gasteiger partial charge on any atom is -0.494 e. The van der Waals surface area contributed by atoms with Gasteiger partial charge in [0.1, 0.15) is 5.75 Å². The van der Waals surface area contributed by atoms with Gasteiger partial charge in [0, 0.05) is 6.07 Å². The molecule has 0 atom stereocenters. The van der Waals surface area contributed by atoms with Gasteiger partial charge >= 0.3 is 0 Å². The molecule has 0 radical (unpaired) electrons. The summed E-state index contributed by atoms with van der Waals surface area (Å²) in [6, 6.07) is 10.8. The van der Waals surface area contributed by atoms with E-state index in [-0.39, 0.29) is 11.4 Å². The first-order valence-corrected chi connectivity index (χ1v) is 9.20. The van der Waals surface area contributed by atoms with Crippen molar-refractivity contribution in [3.05, 3.63) is 58.1 Å². The zero-order valence-electron chi connectivity index (χ0n) is 15.9.